The average molecular weight is 261 g/mol. The molecule has 4 N–H and O–H groups in total. The molecule has 7 nitrogen and oxygen atoms in total. The van der Waals surface area contributed by atoms with Crippen LogP contribution in [0.3, 0.4) is 0 Å². The van der Waals surface area contributed by atoms with Crippen molar-refractivity contribution in [3.8, 4) is 0 Å². The molecule has 0 aliphatic carbocycles. The van der Waals surface area contributed by atoms with Crippen molar-refractivity contribution in [3.05, 3.63) is 0 Å². The lowest BCUT2D eigenvalue weighted by Crippen LogP contribution is -2.49. The molecule has 1 rings (SSSR count). The number of rotatable bonds is 4. The zero-order valence-corrected chi connectivity index (χ0v) is 10.2. The summed E-state index contributed by atoms with van der Waals surface area (Å²) in [4.78, 5) is 34.9. The van der Waals surface area contributed by atoms with Gasteiger partial charge >= 0.3 is 5.97 Å². The number of carbonyl (C=O) groups is 3. The molecule has 2 unspecified atom stereocenters. The minimum Gasteiger partial charge on any atom is -0.480 e. The van der Waals surface area contributed by atoms with E-state index in [4.69, 9.17) is 10.8 Å². The molecule has 0 aromatic rings. The topological polar surface area (TPSA) is 113 Å². The molecule has 1 aliphatic rings. The molecule has 0 spiro atoms. The second-order valence-electron chi connectivity index (χ2n) is 3.57. The molecule has 1 fully saturated rings. The van der Waals surface area contributed by atoms with Crippen LogP contribution < -0.4 is 11.1 Å². The number of nitrogens with two attached hydrogens (primary N) is 1. The SMILES string of the molecule is CC1SCC(C(=O)O)N1C(=O)CNC(=O)CN. The summed E-state index contributed by atoms with van der Waals surface area (Å²) in [5.74, 6) is -1.51. The van der Waals surface area contributed by atoms with Crippen molar-refractivity contribution < 1.29 is 19.5 Å². The van der Waals surface area contributed by atoms with Crippen LogP contribution in [0, 0.1) is 0 Å². The van der Waals surface area contributed by atoms with Gasteiger partial charge in [-0.1, -0.05) is 0 Å². The summed E-state index contributed by atoms with van der Waals surface area (Å²) < 4.78 is 0. The molecule has 2 atom stereocenters. The molecule has 0 bridgehead atoms. The highest BCUT2D eigenvalue weighted by molar-refractivity contribution is 8.00. The monoisotopic (exact) mass is 261 g/mol. The van der Waals surface area contributed by atoms with E-state index in [0.29, 0.717) is 5.75 Å². The van der Waals surface area contributed by atoms with Gasteiger partial charge in [-0.3, -0.25) is 9.59 Å². The number of nitrogens with zero attached hydrogens (tertiary/aromatic N) is 1. The Balaban J connectivity index is 2.59. The minimum atomic E-state index is -1.03. The van der Waals surface area contributed by atoms with Gasteiger partial charge in [-0.05, 0) is 6.92 Å². The van der Waals surface area contributed by atoms with Crippen molar-refractivity contribution in [2.45, 2.75) is 18.3 Å². The summed E-state index contributed by atoms with van der Waals surface area (Å²) in [5, 5.41) is 11.1. The maximum atomic E-state index is 11.8. The number of aliphatic carboxylic acids is 1. The van der Waals surface area contributed by atoms with Gasteiger partial charge in [0, 0.05) is 5.75 Å². The maximum Gasteiger partial charge on any atom is 0.327 e. The van der Waals surface area contributed by atoms with Crippen molar-refractivity contribution >= 4 is 29.5 Å². The van der Waals surface area contributed by atoms with E-state index in [-0.39, 0.29) is 18.5 Å². The number of carboxylic acids is 1. The molecular formula is C9H15N3O4S. The number of thioether (sulfide) groups is 1. The van der Waals surface area contributed by atoms with Crippen molar-refractivity contribution in [3.63, 3.8) is 0 Å². The predicted molar refractivity (Wildman–Crippen MR) is 62.3 cm³/mol. The standard InChI is InChI=1S/C9H15N3O4S/c1-5-12(6(4-17-5)9(15)16)8(14)3-11-7(13)2-10/h5-6H,2-4,10H2,1H3,(H,11,13)(H,15,16). The van der Waals surface area contributed by atoms with Gasteiger partial charge in [0.15, 0.2) is 0 Å². The van der Waals surface area contributed by atoms with Crippen LogP contribution in [0.4, 0.5) is 0 Å². The molecule has 0 radical (unpaired) electrons. The Morgan fingerprint density at radius 1 is 1.53 bits per heavy atom. The number of hydrogen-bond donors (Lipinski definition) is 3. The van der Waals surface area contributed by atoms with Gasteiger partial charge in [0.1, 0.15) is 6.04 Å². The van der Waals surface area contributed by atoms with E-state index in [0.717, 1.165) is 0 Å². The van der Waals surface area contributed by atoms with Crippen LogP contribution in [0.1, 0.15) is 6.92 Å². The molecule has 96 valence electrons. The first-order chi connectivity index (χ1) is 7.97. The van der Waals surface area contributed by atoms with Gasteiger partial charge in [0.25, 0.3) is 0 Å². The van der Waals surface area contributed by atoms with E-state index < -0.39 is 23.8 Å². The Hall–Kier alpha value is -1.28. The third-order valence-corrected chi connectivity index (χ3v) is 3.64. The van der Waals surface area contributed by atoms with Crippen LogP contribution in [0.5, 0.6) is 0 Å². The lowest BCUT2D eigenvalue weighted by atomic mass is 10.2. The Kier molecular flexibility index (Phi) is 4.76. The van der Waals surface area contributed by atoms with Crippen LogP contribution in [-0.2, 0) is 14.4 Å². The van der Waals surface area contributed by atoms with Gasteiger partial charge in [0.05, 0.1) is 18.5 Å². The third-order valence-electron chi connectivity index (χ3n) is 2.42. The Labute approximate surface area is 103 Å². The molecule has 0 aromatic heterocycles. The summed E-state index contributed by atoms with van der Waals surface area (Å²) in [5.41, 5.74) is 5.08. The fraction of sp³-hybridized carbons (Fsp3) is 0.667. The largest absolute Gasteiger partial charge is 0.480 e. The van der Waals surface area contributed by atoms with Gasteiger partial charge in [-0.2, -0.15) is 0 Å². The predicted octanol–water partition coefficient (Wildman–Crippen LogP) is -1.56. The molecule has 8 heteroatoms. The highest BCUT2D eigenvalue weighted by Crippen LogP contribution is 2.28. The van der Waals surface area contributed by atoms with E-state index in [2.05, 4.69) is 5.32 Å². The number of carboxylic acid groups (broad SMARTS) is 1. The number of carbonyl (C=O) groups excluding carboxylic acids is 2. The van der Waals surface area contributed by atoms with Crippen LogP contribution in [0.2, 0.25) is 0 Å². The van der Waals surface area contributed by atoms with Gasteiger partial charge in [-0.25, -0.2) is 4.79 Å². The van der Waals surface area contributed by atoms with Gasteiger partial charge < -0.3 is 21.1 Å². The fourth-order valence-corrected chi connectivity index (χ4v) is 2.74. The molecule has 17 heavy (non-hydrogen) atoms. The second-order valence-corrected chi connectivity index (χ2v) is 4.92. The zero-order chi connectivity index (χ0) is 13.0. The van der Waals surface area contributed by atoms with Crippen molar-refractivity contribution in [1.82, 2.24) is 10.2 Å². The first kappa shape index (κ1) is 13.8. The lowest BCUT2D eigenvalue weighted by Gasteiger charge is -2.25. The maximum absolute atomic E-state index is 11.8. The Morgan fingerprint density at radius 2 is 2.18 bits per heavy atom. The van der Waals surface area contributed by atoms with Gasteiger partial charge in [0.2, 0.25) is 11.8 Å². The quantitative estimate of drug-likeness (QED) is 0.564. The average Bonchev–Trinajstić information content (AvgIpc) is 2.67. The van der Waals surface area contributed by atoms with Crippen LogP contribution in [-0.4, -0.2) is 58.0 Å². The number of amides is 2. The minimum absolute atomic E-state index is 0.195. The van der Waals surface area contributed by atoms with Crippen LogP contribution >= 0.6 is 11.8 Å². The zero-order valence-electron chi connectivity index (χ0n) is 9.38. The van der Waals surface area contributed by atoms with Crippen LogP contribution in [0.25, 0.3) is 0 Å². The second kappa shape index (κ2) is 5.87. The van der Waals surface area contributed by atoms with E-state index in [1.807, 2.05) is 0 Å². The number of hydrogen-bond acceptors (Lipinski definition) is 5. The fourth-order valence-electron chi connectivity index (χ4n) is 1.55. The highest BCUT2D eigenvalue weighted by atomic mass is 32.2. The molecule has 1 saturated heterocycles. The normalized spacial score (nSPS) is 23.5. The van der Waals surface area contributed by atoms with Crippen molar-refractivity contribution in [1.29, 1.82) is 0 Å². The van der Waals surface area contributed by atoms with E-state index >= 15 is 0 Å². The summed E-state index contributed by atoms with van der Waals surface area (Å²) in [6.07, 6.45) is 0. The first-order valence-electron chi connectivity index (χ1n) is 5.09. The Bertz CT molecular complexity index is 336. The van der Waals surface area contributed by atoms with E-state index in [9.17, 15) is 14.4 Å². The highest BCUT2D eigenvalue weighted by Gasteiger charge is 2.39. The Morgan fingerprint density at radius 3 is 2.71 bits per heavy atom. The molecule has 0 saturated carbocycles. The van der Waals surface area contributed by atoms with E-state index in [1.165, 1.54) is 16.7 Å². The van der Waals surface area contributed by atoms with Crippen LogP contribution in [0.15, 0.2) is 0 Å². The van der Waals surface area contributed by atoms with Crippen molar-refractivity contribution in [2.24, 2.45) is 5.73 Å². The number of nitrogens with one attached hydrogen (secondary N) is 1. The molecule has 0 aromatic carbocycles. The van der Waals surface area contributed by atoms with Gasteiger partial charge in [-0.15, -0.1) is 11.8 Å². The van der Waals surface area contributed by atoms with Crippen molar-refractivity contribution in [2.75, 3.05) is 18.8 Å². The third kappa shape index (κ3) is 3.34. The summed E-state index contributed by atoms with van der Waals surface area (Å²) in [6, 6.07) is -0.822. The van der Waals surface area contributed by atoms with E-state index in [1.54, 1.807) is 6.92 Å². The smallest absolute Gasteiger partial charge is 0.327 e. The molecular weight excluding hydrogens is 246 g/mol. The summed E-state index contributed by atoms with van der Waals surface area (Å²) in [6.45, 7) is 1.35. The molecule has 1 aliphatic heterocycles. The molecule has 1 heterocycles. The molecule has 2 amide bonds. The summed E-state index contributed by atoms with van der Waals surface area (Å²) >= 11 is 1.40. The summed E-state index contributed by atoms with van der Waals surface area (Å²) in [7, 11) is 0. The lowest BCUT2D eigenvalue weighted by molar-refractivity contribution is -0.148. The first-order valence-corrected chi connectivity index (χ1v) is 6.14.